The van der Waals surface area contributed by atoms with Gasteiger partial charge in [0.2, 0.25) is 11.9 Å². The van der Waals surface area contributed by atoms with Crippen LogP contribution in [0.3, 0.4) is 0 Å². The molecule has 8 heteroatoms. The quantitative estimate of drug-likeness (QED) is 0.724. The molecule has 6 nitrogen and oxygen atoms in total. The maximum absolute atomic E-state index is 15.0. The highest BCUT2D eigenvalue weighted by atomic mass is 35.5. The Morgan fingerprint density at radius 1 is 1.30 bits per heavy atom. The van der Waals surface area contributed by atoms with Crippen LogP contribution in [0.2, 0.25) is 5.02 Å². The van der Waals surface area contributed by atoms with Crippen LogP contribution >= 0.6 is 11.6 Å². The van der Waals surface area contributed by atoms with Crippen molar-refractivity contribution in [2.75, 3.05) is 23.7 Å². The lowest BCUT2D eigenvalue weighted by Gasteiger charge is -2.21. The van der Waals surface area contributed by atoms with Crippen molar-refractivity contribution in [1.29, 1.82) is 0 Å². The molecule has 0 radical (unpaired) electrons. The summed E-state index contributed by atoms with van der Waals surface area (Å²) >= 11 is 6.23. The number of benzene rings is 1. The summed E-state index contributed by atoms with van der Waals surface area (Å²) in [5, 5.41) is 0.326. The normalized spacial score (nSPS) is 17.4. The third-order valence-corrected chi connectivity index (χ3v) is 5.27. The predicted octanol–water partition coefficient (Wildman–Crippen LogP) is 4.30. The van der Waals surface area contributed by atoms with Crippen LogP contribution in [-0.2, 0) is 0 Å². The van der Waals surface area contributed by atoms with E-state index in [2.05, 4.69) is 45.2 Å². The van der Waals surface area contributed by atoms with Crippen molar-refractivity contribution in [2.45, 2.75) is 33.2 Å². The van der Waals surface area contributed by atoms with Crippen molar-refractivity contribution in [2.24, 2.45) is 5.92 Å². The van der Waals surface area contributed by atoms with Crippen LogP contribution in [0.15, 0.2) is 18.3 Å². The fourth-order valence-corrected chi connectivity index (χ4v) is 3.91. The first-order valence-corrected chi connectivity index (χ1v) is 9.47. The summed E-state index contributed by atoms with van der Waals surface area (Å²) in [7, 11) is 0. The Morgan fingerprint density at radius 3 is 2.74 bits per heavy atom. The number of nitrogen functional groups attached to an aromatic ring is 1. The fraction of sp³-hybridized carbons (Fsp3) is 0.421. The topological polar surface area (TPSA) is 72.9 Å². The van der Waals surface area contributed by atoms with Crippen LogP contribution < -0.4 is 10.6 Å². The molecule has 0 amide bonds. The molecule has 1 aliphatic rings. The maximum atomic E-state index is 15.0. The average molecular weight is 389 g/mol. The Balaban J connectivity index is 1.93. The van der Waals surface area contributed by atoms with E-state index in [1.807, 2.05) is 6.07 Å². The lowest BCUT2D eigenvalue weighted by Crippen LogP contribution is -2.23. The number of rotatable bonds is 3. The first-order chi connectivity index (χ1) is 12.8. The second kappa shape index (κ2) is 6.64. The van der Waals surface area contributed by atoms with Crippen molar-refractivity contribution in [3.05, 3.63) is 29.2 Å². The maximum Gasteiger partial charge on any atom is 0.220 e. The smallest absolute Gasteiger partial charge is 0.220 e. The minimum atomic E-state index is -0.399. The van der Waals surface area contributed by atoms with Crippen molar-refractivity contribution < 1.29 is 4.39 Å². The Labute approximate surface area is 162 Å². The molecule has 0 aliphatic carbocycles. The Morgan fingerprint density at radius 2 is 2.07 bits per heavy atom. The van der Waals surface area contributed by atoms with Gasteiger partial charge in [0.25, 0.3) is 0 Å². The summed E-state index contributed by atoms with van der Waals surface area (Å²) in [6.45, 7) is 8.23. The van der Waals surface area contributed by atoms with E-state index in [0.717, 1.165) is 31.0 Å². The third-order valence-electron chi connectivity index (χ3n) is 4.99. The molecule has 27 heavy (non-hydrogen) atoms. The number of fused-ring (bicyclic) bond motifs is 1. The van der Waals surface area contributed by atoms with E-state index < -0.39 is 5.82 Å². The van der Waals surface area contributed by atoms with Gasteiger partial charge in [0.1, 0.15) is 5.52 Å². The molecule has 2 N–H and O–H groups in total. The first kappa shape index (κ1) is 18.0. The van der Waals surface area contributed by atoms with Gasteiger partial charge in [0.15, 0.2) is 5.82 Å². The van der Waals surface area contributed by atoms with E-state index in [4.69, 9.17) is 17.3 Å². The molecule has 1 atom stereocenters. The van der Waals surface area contributed by atoms with Gasteiger partial charge in [-0.05, 0) is 38.3 Å². The molecule has 1 saturated heterocycles. The van der Waals surface area contributed by atoms with E-state index in [1.54, 1.807) is 0 Å². The van der Waals surface area contributed by atoms with Crippen LogP contribution in [-0.4, -0.2) is 32.6 Å². The number of halogens is 2. The molecule has 3 heterocycles. The molecule has 0 bridgehead atoms. The van der Waals surface area contributed by atoms with Crippen LogP contribution in [0.1, 0.15) is 33.2 Å². The molecule has 1 aliphatic heterocycles. The second-order valence-electron chi connectivity index (χ2n) is 7.47. The zero-order valence-corrected chi connectivity index (χ0v) is 16.3. The van der Waals surface area contributed by atoms with E-state index in [-0.39, 0.29) is 12.0 Å². The Bertz CT molecular complexity index is 1020. The van der Waals surface area contributed by atoms with Crippen molar-refractivity contribution in [3.63, 3.8) is 0 Å². The van der Waals surface area contributed by atoms with Crippen molar-refractivity contribution in [1.82, 2.24) is 19.5 Å². The van der Waals surface area contributed by atoms with Crippen LogP contribution in [0, 0.1) is 11.7 Å². The molecule has 142 valence electrons. The summed E-state index contributed by atoms with van der Waals surface area (Å²) < 4.78 is 17.1. The number of aromatic nitrogens is 4. The lowest BCUT2D eigenvalue weighted by atomic mass is 10.1. The van der Waals surface area contributed by atoms with Gasteiger partial charge in [0.05, 0.1) is 22.4 Å². The zero-order chi connectivity index (χ0) is 19.3. The minimum absolute atomic E-state index is 0.0963. The lowest BCUT2D eigenvalue weighted by molar-refractivity contribution is 0.604. The van der Waals surface area contributed by atoms with Gasteiger partial charge in [-0.2, -0.15) is 0 Å². The highest BCUT2D eigenvalue weighted by Crippen LogP contribution is 2.35. The van der Waals surface area contributed by atoms with E-state index in [0.29, 0.717) is 27.7 Å². The zero-order valence-electron chi connectivity index (χ0n) is 15.6. The molecular formula is C19H22ClFN6. The SMILES string of the molecule is CC1CCN(c2nc3c(F)cc(-c4nc(N)ncc4Cl)cc3n2C(C)C)C1. The average Bonchev–Trinajstić information content (AvgIpc) is 3.20. The molecule has 0 saturated carbocycles. The Kier molecular flexibility index (Phi) is 4.42. The molecule has 1 fully saturated rings. The summed E-state index contributed by atoms with van der Waals surface area (Å²) in [6, 6.07) is 3.41. The highest BCUT2D eigenvalue weighted by molar-refractivity contribution is 6.33. The summed E-state index contributed by atoms with van der Waals surface area (Å²) in [6.07, 6.45) is 2.54. The van der Waals surface area contributed by atoms with E-state index >= 15 is 0 Å². The molecule has 1 aromatic carbocycles. The molecule has 0 spiro atoms. The number of anilines is 2. The standard InChI is InChI=1S/C19H22ClFN6/c1-10(2)27-15-7-12(16-13(20)8-23-18(22)24-16)6-14(21)17(15)25-19(27)26-5-4-11(3)9-26/h6-8,10-11H,4-5,9H2,1-3H3,(H2,22,23,24). The second-order valence-corrected chi connectivity index (χ2v) is 7.87. The highest BCUT2D eigenvalue weighted by Gasteiger charge is 2.26. The number of hydrogen-bond donors (Lipinski definition) is 1. The van der Waals surface area contributed by atoms with Crippen molar-refractivity contribution in [3.8, 4) is 11.3 Å². The predicted molar refractivity (Wildman–Crippen MR) is 107 cm³/mol. The monoisotopic (exact) mass is 388 g/mol. The Hall–Kier alpha value is -2.41. The number of nitrogens with zero attached hydrogens (tertiary/aromatic N) is 5. The molecule has 3 aromatic rings. The van der Waals surface area contributed by atoms with Gasteiger partial charge in [-0.1, -0.05) is 18.5 Å². The van der Waals surface area contributed by atoms with Gasteiger partial charge in [0, 0.05) is 24.7 Å². The van der Waals surface area contributed by atoms with E-state index in [9.17, 15) is 4.39 Å². The van der Waals surface area contributed by atoms with Crippen LogP contribution in [0.4, 0.5) is 16.3 Å². The van der Waals surface area contributed by atoms with Gasteiger partial charge in [-0.15, -0.1) is 0 Å². The van der Waals surface area contributed by atoms with Crippen LogP contribution in [0.25, 0.3) is 22.3 Å². The summed E-state index contributed by atoms with van der Waals surface area (Å²) in [5.74, 6) is 1.12. The first-order valence-electron chi connectivity index (χ1n) is 9.10. The fourth-order valence-electron chi connectivity index (χ4n) is 3.71. The van der Waals surface area contributed by atoms with E-state index in [1.165, 1.54) is 12.3 Å². The molecule has 1 unspecified atom stereocenters. The molecule has 4 rings (SSSR count). The molecule has 2 aromatic heterocycles. The summed E-state index contributed by atoms with van der Waals surface area (Å²) in [4.78, 5) is 14.9. The number of hydrogen-bond acceptors (Lipinski definition) is 5. The summed E-state index contributed by atoms with van der Waals surface area (Å²) in [5.41, 5.74) is 7.75. The largest absolute Gasteiger partial charge is 0.368 e. The van der Waals surface area contributed by atoms with Gasteiger partial charge in [-0.25, -0.2) is 19.3 Å². The molecular weight excluding hydrogens is 367 g/mol. The van der Waals surface area contributed by atoms with Gasteiger partial charge >= 0.3 is 0 Å². The third kappa shape index (κ3) is 3.10. The number of imidazole rings is 1. The van der Waals surface area contributed by atoms with Crippen LogP contribution in [0.5, 0.6) is 0 Å². The number of nitrogens with two attached hydrogens (primary N) is 1. The minimum Gasteiger partial charge on any atom is -0.368 e. The van der Waals surface area contributed by atoms with Gasteiger partial charge < -0.3 is 15.2 Å². The van der Waals surface area contributed by atoms with Gasteiger partial charge in [-0.3, -0.25) is 0 Å². The van der Waals surface area contributed by atoms with Crippen molar-refractivity contribution >= 4 is 34.5 Å².